The Morgan fingerprint density at radius 2 is 2.22 bits per heavy atom. The normalized spacial score (nSPS) is 31.4. The van der Waals surface area contributed by atoms with E-state index in [1.54, 1.807) is 0 Å². The number of H-pyrrole nitrogens is 1. The maximum atomic E-state index is 11.7. The molecular weight excluding hydrogens is 240 g/mol. The van der Waals surface area contributed by atoms with Crippen molar-refractivity contribution < 1.29 is 14.3 Å². The van der Waals surface area contributed by atoms with E-state index in [0.717, 1.165) is 0 Å². The third kappa shape index (κ3) is 2.02. The van der Waals surface area contributed by atoms with Gasteiger partial charge in [-0.15, -0.1) is 0 Å². The minimum Gasteiger partial charge on any atom is -0.376 e. The van der Waals surface area contributed by atoms with Crippen LogP contribution in [0.15, 0.2) is 21.9 Å². The Morgan fingerprint density at radius 1 is 1.50 bits per heavy atom. The highest BCUT2D eigenvalue weighted by atomic mass is 16.6. The fourth-order valence-corrected chi connectivity index (χ4v) is 2.15. The second kappa shape index (κ2) is 4.87. The van der Waals surface area contributed by atoms with Gasteiger partial charge in [0.05, 0.1) is 0 Å². The smallest absolute Gasteiger partial charge is 0.330 e. The van der Waals surface area contributed by atoms with Gasteiger partial charge in [0.25, 0.3) is 5.56 Å². The number of aromatic nitrogens is 2. The van der Waals surface area contributed by atoms with Crippen molar-refractivity contribution in [3.63, 3.8) is 0 Å². The van der Waals surface area contributed by atoms with Gasteiger partial charge in [-0.2, -0.15) is 0 Å². The number of carbonyl (C=O) groups excluding carboxylic acids is 1. The Labute approximate surface area is 102 Å². The molecule has 0 aromatic carbocycles. The quantitative estimate of drug-likeness (QED) is 0.719. The zero-order chi connectivity index (χ0) is 13.3. The van der Waals surface area contributed by atoms with E-state index in [1.807, 2.05) is 6.92 Å². The largest absolute Gasteiger partial charge is 0.376 e. The molecule has 98 valence electrons. The van der Waals surface area contributed by atoms with Crippen molar-refractivity contribution in [3.05, 3.63) is 33.1 Å². The highest BCUT2D eigenvalue weighted by Gasteiger charge is 2.43. The summed E-state index contributed by atoms with van der Waals surface area (Å²) in [6.07, 6.45) is 0.248. The van der Waals surface area contributed by atoms with Crippen LogP contribution in [0, 0.1) is 5.92 Å². The van der Waals surface area contributed by atoms with Gasteiger partial charge in [0.15, 0.2) is 6.23 Å². The van der Waals surface area contributed by atoms with Crippen LogP contribution in [-0.2, 0) is 14.3 Å². The van der Waals surface area contributed by atoms with Crippen LogP contribution in [-0.4, -0.2) is 35.2 Å². The fourth-order valence-electron chi connectivity index (χ4n) is 2.15. The predicted molar refractivity (Wildman–Crippen MR) is 61.3 cm³/mol. The number of aromatic amines is 1. The summed E-state index contributed by atoms with van der Waals surface area (Å²) in [5, 5.41) is 0. The molecule has 2 rings (SSSR count). The summed E-state index contributed by atoms with van der Waals surface area (Å²) >= 11 is 0. The molecule has 1 fully saturated rings. The lowest BCUT2D eigenvalue weighted by Gasteiger charge is -2.20. The van der Waals surface area contributed by atoms with Crippen molar-refractivity contribution in [1.82, 2.24) is 9.55 Å². The third-order valence-electron chi connectivity index (χ3n) is 3.15. The van der Waals surface area contributed by atoms with E-state index >= 15 is 0 Å². The number of nitrogens with zero attached hydrogens (tertiary/aromatic N) is 1. The molecule has 0 spiro atoms. The summed E-state index contributed by atoms with van der Waals surface area (Å²) in [6, 6.07) is 1.22. The van der Waals surface area contributed by atoms with Crippen LogP contribution in [0.2, 0.25) is 0 Å². The first-order valence-corrected chi connectivity index (χ1v) is 5.53. The Hall–Kier alpha value is -1.73. The molecule has 1 aliphatic heterocycles. The average molecular weight is 254 g/mol. The van der Waals surface area contributed by atoms with Gasteiger partial charge in [-0.3, -0.25) is 14.3 Å². The van der Waals surface area contributed by atoms with Crippen molar-refractivity contribution in [3.8, 4) is 0 Å². The number of carbonyl (C=O) groups is 1. The van der Waals surface area contributed by atoms with Crippen molar-refractivity contribution in [2.45, 2.75) is 25.4 Å². The van der Waals surface area contributed by atoms with Crippen molar-refractivity contribution in [2.24, 2.45) is 5.92 Å². The molecular formula is C11H14N2O5. The number of methoxy groups -OCH3 is 1. The monoisotopic (exact) mass is 254 g/mol. The predicted octanol–water partition coefficient (Wildman–Crippen LogP) is -0.716. The molecule has 2 heterocycles. The van der Waals surface area contributed by atoms with E-state index < -0.39 is 29.7 Å². The lowest BCUT2D eigenvalue weighted by molar-refractivity contribution is -0.121. The molecule has 1 aromatic heterocycles. The maximum absolute atomic E-state index is 11.7. The van der Waals surface area contributed by atoms with E-state index in [9.17, 15) is 14.4 Å². The van der Waals surface area contributed by atoms with Crippen LogP contribution < -0.4 is 11.2 Å². The zero-order valence-electron chi connectivity index (χ0n) is 10.0. The lowest BCUT2D eigenvalue weighted by Crippen LogP contribution is -2.36. The van der Waals surface area contributed by atoms with E-state index in [4.69, 9.17) is 9.47 Å². The Balaban J connectivity index is 2.40. The zero-order valence-corrected chi connectivity index (χ0v) is 10.0. The molecule has 4 atom stereocenters. The summed E-state index contributed by atoms with van der Waals surface area (Å²) in [4.78, 5) is 35.7. The second-order valence-electron chi connectivity index (χ2n) is 4.20. The van der Waals surface area contributed by atoms with Gasteiger partial charge in [-0.25, -0.2) is 4.79 Å². The van der Waals surface area contributed by atoms with E-state index in [-0.39, 0.29) is 5.92 Å². The van der Waals surface area contributed by atoms with Crippen LogP contribution in [0.25, 0.3) is 0 Å². The first-order chi connectivity index (χ1) is 8.58. The lowest BCUT2D eigenvalue weighted by atomic mass is 10.0. The van der Waals surface area contributed by atoms with E-state index in [0.29, 0.717) is 6.29 Å². The molecule has 7 nitrogen and oxygen atoms in total. The minimum atomic E-state index is -0.718. The highest BCUT2D eigenvalue weighted by molar-refractivity contribution is 5.57. The molecule has 18 heavy (non-hydrogen) atoms. The first-order valence-electron chi connectivity index (χ1n) is 5.53. The molecule has 0 unspecified atom stereocenters. The number of hydrogen-bond acceptors (Lipinski definition) is 5. The molecule has 0 bridgehead atoms. The average Bonchev–Trinajstić information content (AvgIpc) is 2.65. The summed E-state index contributed by atoms with van der Waals surface area (Å²) in [5.41, 5.74) is -1.07. The molecule has 1 saturated heterocycles. The Morgan fingerprint density at radius 3 is 2.78 bits per heavy atom. The Bertz CT molecular complexity index is 549. The molecule has 0 amide bonds. The van der Waals surface area contributed by atoms with Gasteiger partial charge in [0.1, 0.15) is 18.5 Å². The standard InChI is InChI=1S/C11H14N2O5/c1-6-7(5-14)18-10(9(6)17-2)13-4-3-8(15)12-11(13)16/h3-7,9-10H,1-2H3,(H,12,15,16)/t6-,7-,9+,10-/m1/s1. The van der Waals surface area contributed by atoms with Gasteiger partial charge in [-0.05, 0) is 0 Å². The number of rotatable bonds is 3. The SMILES string of the molecule is CO[C@H]1[C@H](C)[C@@H](C=O)O[C@H]1n1ccc(=O)[nH]c1=O. The van der Waals surface area contributed by atoms with Crippen LogP contribution in [0.3, 0.4) is 0 Å². The van der Waals surface area contributed by atoms with Crippen molar-refractivity contribution in [2.75, 3.05) is 7.11 Å². The van der Waals surface area contributed by atoms with E-state index in [2.05, 4.69) is 4.98 Å². The minimum absolute atomic E-state index is 0.170. The van der Waals surface area contributed by atoms with Gasteiger partial charge >= 0.3 is 5.69 Å². The molecule has 0 saturated carbocycles. The van der Waals surface area contributed by atoms with Gasteiger partial charge in [-0.1, -0.05) is 6.92 Å². The summed E-state index contributed by atoms with van der Waals surface area (Å²) in [5.74, 6) is -0.170. The first kappa shape index (κ1) is 12.7. The van der Waals surface area contributed by atoms with Crippen LogP contribution in [0.5, 0.6) is 0 Å². The van der Waals surface area contributed by atoms with Crippen molar-refractivity contribution in [1.29, 1.82) is 0 Å². The third-order valence-corrected chi connectivity index (χ3v) is 3.15. The molecule has 7 heteroatoms. The van der Waals surface area contributed by atoms with Crippen LogP contribution >= 0.6 is 0 Å². The molecule has 1 aliphatic rings. The summed E-state index contributed by atoms with van der Waals surface area (Å²) < 4.78 is 12.0. The molecule has 1 aromatic rings. The summed E-state index contributed by atoms with van der Waals surface area (Å²) in [7, 11) is 1.49. The summed E-state index contributed by atoms with van der Waals surface area (Å²) in [6.45, 7) is 1.81. The number of ether oxygens (including phenoxy) is 2. The second-order valence-corrected chi connectivity index (χ2v) is 4.20. The maximum Gasteiger partial charge on any atom is 0.330 e. The van der Waals surface area contributed by atoms with Crippen LogP contribution in [0.4, 0.5) is 0 Å². The van der Waals surface area contributed by atoms with Gasteiger partial charge in [0.2, 0.25) is 0 Å². The van der Waals surface area contributed by atoms with Gasteiger partial charge in [0, 0.05) is 25.3 Å². The molecule has 0 radical (unpaired) electrons. The number of aldehydes is 1. The van der Waals surface area contributed by atoms with Crippen LogP contribution in [0.1, 0.15) is 13.2 Å². The highest BCUT2D eigenvalue weighted by Crippen LogP contribution is 2.33. The fraction of sp³-hybridized carbons (Fsp3) is 0.545. The Kier molecular flexibility index (Phi) is 3.44. The number of nitrogens with one attached hydrogen (secondary N) is 1. The van der Waals surface area contributed by atoms with Gasteiger partial charge < -0.3 is 14.3 Å². The topological polar surface area (TPSA) is 90.4 Å². The van der Waals surface area contributed by atoms with Crippen molar-refractivity contribution >= 4 is 6.29 Å². The number of hydrogen-bond donors (Lipinski definition) is 1. The van der Waals surface area contributed by atoms with E-state index in [1.165, 1.54) is 23.9 Å². The molecule has 0 aliphatic carbocycles. The molecule has 1 N–H and O–H groups in total.